The van der Waals surface area contributed by atoms with Gasteiger partial charge in [0.05, 0.1) is 20.8 Å². The van der Waals surface area contributed by atoms with Crippen LogP contribution in [-0.2, 0) is 0 Å². The number of anilines is 1. The van der Waals surface area contributed by atoms with Crippen LogP contribution in [0.2, 0.25) is 15.1 Å². The normalized spacial score (nSPS) is 9.85. The van der Waals surface area contributed by atoms with Crippen molar-refractivity contribution in [1.82, 2.24) is 0 Å². The maximum Gasteiger partial charge on any atom is 0.318 e. The van der Waals surface area contributed by atoms with Gasteiger partial charge < -0.3 is 5.32 Å². The molecule has 0 radical (unpaired) electrons. The van der Waals surface area contributed by atoms with Gasteiger partial charge in [0, 0.05) is 0 Å². The van der Waals surface area contributed by atoms with Crippen LogP contribution in [0.25, 0.3) is 0 Å². The topological polar surface area (TPSA) is 29.1 Å². The van der Waals surface area contributed by atoms with Gasteiger partial charge in [0.2, 0.25) is 0 Å². The van der Waals surface area contributed by atoms with Crippen molar-refractivity contribution >= 4 is 57.5 Å². The van der Waals surface area contributed by atoms with Gasteiger partial charge in [0.1, 0.15) is 0 Å². The van der Waals surface area contributed by atoms with Gasteiger partial charge in [-0.25, -0.2) is 0 Å². The highest BCUT2D eigenvalue weighted by atomic mass is 35.5. The van der Waals surface area contributed by atoms with E-state index >= 15 is 0 Å². The molecule has 1 rings (SSSR count). The number of halogens is 4. The minimum Gasteiger partial charge on any atom is -0.311 e. The number of carbonyl (C=O) groups excluding carboxylic acids is 1. The van der Waals surface area contributed by atoms with Crippen LogP contribution in [0.1, 0.15) is 0 Å². The second-order valence-electron chi connectivity index (χ2n) is 2.14. The number of amides is 1. The number of hydrogen-bond donors (Lipinski definition) is 1. The van der Waals surface area contributed by atoms with Crippen LogP contribution < -0.4 is 5.32 Å². The van der Waals surface area contributed by atoms with Crippen LogP contribution in [0.15, 0.2) is 12.1 Å². The van der Waals surface area contributed by atoms with Crippen LogP contribution in [0, 0.1) is 0 Å². The van der Waals surface area contributed by atoms with Crippen LogP contribution in [0.4, 0.5) is 10.5 Å². The Hall–Kier alpha value is -0.150. The molecule has 0 unspecified atom stereocenters. The van der Waals surface area contributed by atoms with E-state index in [2.05, 4.69) is 5.32 Å². The fourth-order valence-electron chi connectivity index (χ4n) is 0.724. The van der Waals surface area contributed by atoms with E-state index in [4.69, 9.17) is 46.4 Å². The van der Waals surface area contributed by atoms with E-state index in [1.165, 1.54) is 12.1 Å². The molecule has 0 aliphatic heterocycles. The maximum absolute atomic E-state index is 10.5. The first-order valence-electron chi connectivity index (χ1n) is 3.11. The molecule has 0 aliphatic carbocycles. The highest BCUT2D eigenvalue weighted by molar-refractivity contribution is 6.66. The molecule has 0 bridgehead atoms. The Balaban J connectivity index is 3.08. The minimum atomic E-state index is -0.736. The summed E-state index contributed by atoms with van der Waals surface area (Å²) in [6.45, 7) is 0. The first kappa shape index (κ1) is 10.9. The SMILES string of the molecule is O=C(Cl)Nc1cc(Cl)c(Cl)cc1Cl. The van der Waals surface area contributed by atoms with Crippen LogP contribution >= 0.6 is 46.4 Å². The number of hydrogen-bond acceptors (Lipinski definition) is 1. The molecular formula is C7H3Cl4NO. The molecule has 0 heterocycles. The number of benzene rings is 1. The molecule has 0 saturated heterocycles. The van der Waals surface area contributed by atoms with Gasteiger partial charge in [-0.1, -0.05) is 34.8 Å². The van der Waals surface area contributed by atoms with Gasteiger partial charge in [-0.05, 0) is 23.7 Å². The fourth-order valence-corrected chi connectivity index (χ4v) is 1.42. The Morgan fingerprint density at radius 1 is 1.08 bits per heavy atom. The molecule has 0 aliphatic rings. The van der Waals surface area contributed by atoms with E-state index < -0.39 is 5.37 Å². The van der Waals surface area contributed by atoms with Crippen molar-refractivity contribution in [3.63, 3.8) is 0 Å². The highest BCUT2D eigenvalue weighted by Gasteiger charge is 2.07. The number of carbonyl (C=O) groups is 1. The van der Waals surface area contributed by atoms with Gasteiger partial charge in [-0.2, -0.15) is 0 Å². The predicted octanol–water partition coefficient (Wildman–Crippen LogP) is 4.42. The zero-order valence-corrected chi connectivity index (χ0v) is 9.10. The lowest BCUT2D eigenvalue weighted by Crippen LogP contribution is -2.01. The van der Waals surface area contributed by atoms with Crippen molar-refractivity contribution in [2.75, 3.05) is 5.32 Å². The van der Waals surface area contributed by atoms with Crippen LogP contribution in [-0.4, -0.2) is 5.37 Å². The number of rotatable bonds is 1. The summed E-state index contributed by atoms with van der Waals surface area (Å²) >= 11 is 22.2. The molecule has 1 aromatic carbocycles. The third-order valence-corrected chi connectivity index (χ3v) is 2.37. The Kier molecular flexibility index (Phi) is 3.68. The van der Waals surface area contributed by atoms with Gasteiger partial charge in [-0.3, -0.25) is 4.79 Å². The lowest BCUT2D eigenvalue weighted by Gasteiger charge is -2.05. The lowest BCUT2D eigenvalue weighted by molar-refractivity contribution is 0.269. The molecule has 0 aromatic heterocycles. The van der Waals surface area contributed by atoms with Crippen molar-refractivity contribution in [3.8, 4) is 0 Å². The van der Waals surface area contributed by atoms with E-state index in [-0.39, 0.29) is 5.02 Å². The first-order valence-corrected chi connectivity index (χ1v) is 4.63. The molecule has 2 nitrogen and oxygen atoms in total. The molecule has 0 saturated carbocycles. The number of nitrogens with one attached hydrogen (secondary N) is 1. The van der Waals surface area contributed by atoms with E-state index in [1.54, 1.807) is 0 Å². The summed E-state index contributed by atoms with van der Waals surface area (Å²) in [5.41, 5.74) is 0.330. The molecule has 0 fully saturated rings. The first-order chi connectivity index (χ1) is 6.00. The Morgan fingerprint density at radius 3 is 2.15 bits per heavy atom. The summed E-state index contributed by atoms with van der Waals surface area (Å²) in [7, 11) is 0. The summed E-state index contributed by atoms with van der Waals surface area (Å²) in [5.74, 6) is 0. The largest absolute Gasteiger partial charge is 0.318 e. The fraction of sp³-hybridized carbons (Fsp3) is 0. The van der Waals surface area contributed by atoms with Crippen molar-refractivity contribution < 1.29 is 4.79 Å². The summed E-state index contributed by atoms with van der Waals surface area (Å²) in [4.78, 5) is 10.5. The zero-order chi connectivity index (χ0) is 10.0. The Morgan fingerprint density at radius 2 is 1.62 bits per heavy atom. The van der Waals surface area contributed by atoms with Crippen LogP contribution in [0.3, 0.4) is 0 Å². The molecule has 6 heteroatoms. The summed E-state index contributed by atoms with van der Waals surface area (Å²) in [5, 5.41) is 2.45. The van der Waals surface area contributed by atoms with Crippen molar-refractivity contribution in [1.29, 1.82) is 0 Å². The zero-order valence-electron chi connectivity index (χ0n) is 6.07. The molecule has 0 spiro atoms. The Bertz CT molecular complexity index is 353. The highest BCUT2D eigenvalue weighted by Crippen LogP contribution is 2.32. The maximum atomic E-state index is 10.5. The monoisotopic (exact) mass is 257 g/mol. The molecule has 1 aromatic rings. The third-order valence-electron chi connectivity index (χ3n) is 1.24. The molecular weight excluding hydrogens is 256 g/mol. The summed E-state index contributed by atoms with van der Waals surface area (Å²) in [6.07, 6.45) is 0. The quantitative estimate of drug-likeness (QED) is 0.451. The van der Waals surface area contributed by atoms with Crippen LogP contribution in [0.5, 0.6) is 0 Å². The molecule has 13 heavy (non-hydrogen) atoms. The second-order valence-corrected chi connectivity index (χ2v) is 3.71. The van der Waals surface area contributed by atoms with Gasteiger partial charge in [0.15, 0.2) is 0 Å². The smallest absolute Gasteiger partial charge is 0.311 e. The van der Waals surface area contributed by atoms with Gasteiger partial charge in [0.25, 0.3) is 0 Å². The average Bonchev–Trinajstić information content (AvgIpc) is 1.99. The molecule has 70 valence electrons. The predicted molar refractivity (Wildman–Crippen MR) is 56.3 cm³/mol. The van der Waals surface area contributed by atoms with Crippen molar-refractivity contribution in [2.45, 2.75) is 0 Å². The van der Waals surface area contributed by atoms with E-state index in [0.29, 0.717) is 15.7 Å². The molecule has 1 amide bonds. The minimum absolute atomic E-state index is 0.281. The molecule has 1 N–H and O–H groups in total. The lowest BCUT2D eigenvalue weighted by atomic mass is 10.3. The van der Waals surface area contributed by atoms with Gasteiger partial charge in [-0.15, -0.1) is 0 Å². The van der Waals surface area contributed by atoms with E-state index in [1.807, 2.05) is 0 Å². The van der Waals surface area contributed by atoms with Crippen molar-refractivity contribution in [3.05, 3.63) is 27.2 Å². The second kappa shape index (κ2) is 4.38. The summed E-state index contributed by atoms with van der Waals surface area (Å²) < 4.78 is 0. The van der Waals surface area contributed by atoms with Crippen molar-refractivity contribution in [2.24, 2.45) is 0 Å². The standard InChI is InChI=1S/C7H3Cl4NO/c8-3-1-5(10)6(2-4(3)9)12-7(11)13/h1-2H,(H,12,13). The van der Waals surface area contributed by atoms with Gasteiger partial charge >= 0.3 is 5.37 Å². The summed E-state index contributed by atoms with van der Waals surface area (Å²) in [6, 6.07) is 2.85. The van der Waals surface area contributed by atoms with E-state index in [9.17, 15) is 4.79 Å². The third kappa shape index (κ3) is 2.92. The molecule has 0 atom stereocenters. The van der Waals surface area contributed by atoms with E-state index in [0.717, 1.165) is 0 Å². The average molecular weight is 259 g/mol. The Labute approximate surface area is 94.7 Å².